The van der Waals surface area contributed by atoms with Crippen LogP contribution < -0.4 is 0 Å². The number of carbonyl (C=O) groups excluding carboxylic acids is 2. The summed E-state index contributed by atoms with van der Waals surface area (Å²) in [6.45, 7) is 1.01. The van der Waals surface area contributed by atoms with E-state index in [1.165, 1.54) is 7.05 Å². The topological polar surface area (TPSA) is 131 Å². The van der Waals surface area contributed by atoms with Gasteiger partial charge in [-0.1, -0.05) is 5.57 Å². The molecule has 0 saturated carbocycles. The van der Waals surface area contributed by atoms with Crippen LogP contribution in [-0.4, -0.2) is 63.5 Å². The molecule has 2 heterocycles. The number of likely N-dealkylation sites (tertiary alicyclic amines) is 1. The number of amides is 2. The number of carbonyl (C=O) groups is 2. The monoisotopic (exact) mass is 419 g/mol. The molecular formula is C22H29NO7. The van der Waals surface area contributed by atoms with Crippen LogP contribution in [0.5, 0.6) is 0 Å². The van der Waals surface area contributed by atoms with E-state index in [2.05, 4.69) is 0 Å². The Kier molecular flexibility index (Phi) is 6.92. The molecule has 8 nitrogen and oxygen atoms in total. The zero-order chi connectivity index (χ0) is 22.0. The van der Waals surface area contributed by atoms with Crippen molar-refractivity contribution < 1.29 is 34.4 Å². The molecule has 1 aliphatic heterocycles. The van der Waals surface area contributed by atoms with Gasteiger partial charge in [0.15, 0.2) is 0 Å². The fourth-order valence-corrected chi connectivity index (χ4v) is 4.65. The van der Waals surface area contributed by atoms with Gasteiger partial charge >= 0.3 is 0 Å². The highest BCUT2D eigenvalue weighted by Gasteiger charge is 2.53. The molecule has 2 amide bonds. The molecule has 1 saturated heterocycles. The maximum atomic E-state index is 12.6. The molecule has 0 unspecified atom stereocenters. The van der Waals surface area contributed by atoms with Gasteiger partial charge in [0.2, 0.25) is 11.8 Å². The third-order valence-electron chi connectivity index (χ3n) is 6.19. The SMILES string of the molecule is C/C(=C\c1ccc(CO)o1)CC[C@@H](O)C1=C(CO)C[C@H]2C(=O)N(C)C(=O)[C@H]2[C@H]1CO. The van der Waals surface area contributed by atoms with E-state index in [0.717, 1.165) is 10.5 Å². The first-order valence-electron chi connectivity index (χ1n) is 10.1. The number of aliphatic hydroxyl groups is 4. The first-order valence-corrected chi connectivity index (χ1v) is 10.1. The molecule has 0 bridgehead atoms. The van der Waals surface area contributed by atoms with Crippen molar-refractivity contribution in [3.63, 3.8) is 0 Å². The standard InChI is InChI=1S/C22H29NO7/c1-12(7-14-4-5-15(10-25)30-14)3-6-18(27)19-13(9-24)8-16-20(17(19)11-26)22(29)23(2)21(16)28/h4-5,7,16-18,20,24-27H,3,6,8-11H2,1-2H3/b12-7+/t16-,17+,18-,20-/m1/s1. The van der Waals surface area contributed by atoms with Gasteiger partial charge in [0, 0.05) is 13.0 Å². The Bertz CT molecular complexity index is 869. The molecule has 0 radical (unpaired) electrons. The summed E-state index contributed by atoms with van der Waals surface area (Å²) in [6.07, 6.45) is 1.94. The number of fused-ring (bicyclic) bond motifs is 1. The Morgan fingerprint density at radius 1 is 1.23 bits per heavy atom. The lowest BCUT2D eigenvalue weighted by Crippen LogP contribution is -2.39. The molecule has 8 heteroatoms. The fraction of sp³-hybridized carbons (Fsp3) is 0.545. The Balaban J connectivity index is 1.77. The summed E-state index contributed by atoms with van der Waals surface area (Å²) in [4.78, 5) is 26.0. The van der Waals surface area contributed by atoms with Gasteiger partial charge in [0.1, 0.15) is 18.1 Å². The van der Waals surface area contributed by atoms with E-state index in [-0.39, 0.29) is 38.1 Å². The molecule has 2 aliphatic rings. The summed E-state index contributed by atoms with van der Waals surface area (Å²) in [5, 5.41) is 39.8. The van der Waals surface area contributed by atoms with Gasteiger partial charge in [-0.05, 0) is 55.5 Å². The number of aliphatic hydroxyl groups excluding tert-OH is 4. The third-order valence-corrected chi connectivity index (χ3v) is 6.19. The fourth-order valence-electron chi connectivity index (χ4n) is 4.65. The van der Waals surface area contributed by atoms with E-state index < -0.39 is 23.9 Å². The van der Waals surface area contributed by atoms with Crippen molar-refractivity contribution in [3.8, 4) is 0 Å². The highest BCUT2D eigenvalue weighted by molar-refractivity contribution is 6.05. The predicted molar refractivity (Wildman–Crippen MR) is 108 cm³/mol. The summed E-state index contributed by atoms with van der Waals surface area (Å²) < 4.78 is 5.44. The zero-order valence-corrected chi connectivity index (χ0v) is 17.2. The first kappa shape index (κ1) is 22.4. The van der Waals surface area contributed by atoms with Crippen molar-refractivity contribution in [1.82, 2.24) is 4.90 Å². The molecular weight excluding hydrogens is 390 g/mol. The number of nitrogens with zero attached hydrogens (tertiary/aromatic N) is 1. The van der Waals surface area contributed by atoms with Crippen molar-refractivity contribution in [2.24, 2.45) is 17.8 Å². The van der Waals surface area contributed by atoms with Crippen LogP contribution in [0.3, 0.4) is 0 Å². The zero-order valence-electron chi connectivity index (χ0n) is 17.2. The number of hydrogen-bond acceptors (Lipinski definition) is 7. The van der Waals surface area contributed by atoms with Crippen molar-refractivity contribution in [3.05, 3.63) is 40.4 Å². The van der Waals surface area contributed by atoms with E-state index in [4.69, 9.17) is 9.52 Å². The smallest absolute Gasteiger partial charge is 0.233 e. The Morgan fingerprint density at radius 2 is 1.97 bits per heavy atom. The minimum atomic E-state index is -0.952. The van der Waals surface area contributed by atoms with Crippen molar-refractivity contribution >= 4 is 17.9 Å². The minimum absolute atomic E-state index is 0.176. The quantitative estimate of drug-likeness (QED) is 0.363. The second-order valence-electron chi connectivity index (χ2n) is 8.09. The first-order chi connectivity index (χ1) is 14.3. The van der Waals surface area contributed by atoms with Crippen LogP contribution in [-0.2, 0) is 16.2 Å². The molecule has 1 fully saturated rings. The van der Waals surface area contributed by atoms with E-state index in [1.807, 2.05) is 13.0 Å². The number of allylic oxidation sites excluding steroid dienone is 1. The van der Waals surface area contributed by atoms with Crippen molar-refractivity contribution in [2.75, 3.05) is 20.3 Å². The van der Waals surface area contributed by atoms with Crippen molar-refractivity contribution in [1.29, 1.82) is 0 Å². The highest BCUT2D eigenvalue weighted by Crippen LogP contribution is 2.45. The average Bonchev–Trinajstić information content (AvgIpc) is 3.29. The van der Waals surface area contributed by atoms with E-state index in [0.29, 0.717) is 35.5 Å². The summed E-state index contributed by atoms with van der Waals surface area (Å²) >= 11 is 0. The Morgan fingerprint density at radius 3 is 2.57 bits per heavy atom. The molecule has 4 atom stereocenters. The molecule has 1 aliphatic carbocycles. The molecule has 30 heavy (non-hydrogen) atoms. The molecule has 1 aromatic heterocycles. The lowest BCUT2D eigenvalue weighted by atomic mass is 9.68. The number of imide groups is 1. The normalized spacial score (nSPS) is 25.9. The second kappa shape index (κ2) is 9.26. The Labute approximate surface area is 175 Å². The van der Waals surface area contributed by atoms with Crippen LogP contribution in [0.15, 0.2) is 33.3 Å². The third kappa shape index (κ3) is 4.13. The van der Waals surface area contributed by atoms with Gasteiger partial charge in [0.25, 0.3) is 0 Å². The summed E-state index contributed by atoms with van der Waals surface area (Å²) in [5.74, 6) is -1.57. The van der Waals surface area contributed by atoms with Gasteiger partial charge in [0.05, 0.1) is 31.2 Å². The molecule has 0 aromatic carbocycles. The molecule has 0 spiro atoms. The van der Waals surface area contributed by atoms with Gasteiger partial charge in [-0.15, -0.1) is 0 Å². The lowest BCUT2D eigenvalue weighted by Gasteiger charge is -2.36. The van der Waals surface area contributed by atoms with Crippen LogP contribution in [0.4, 0.5) is 0 Å². The summed E-state index contributed by atoms with van der Waals surface area (Å²) in [5.41, 5.74) is 1.95. The molecule has 1 aromatic rings. The maximum Gasteiger partial charge on any atom is 0.233 e. The van der Waals surface area contributed by atoms with Crippen LogP contribution in [0.1, 0.15) is 37.7 Å². The van der Waals surface area contributed by atoms with Gasteiger partial charge in [-0.2, -0.15) is 0 Å². The number of furan rings is 1. The number of hydrogen-bond donors (Lipinski definition) is 4. The maximum absolute atomic E-state index is 12.6. The molecule has 4 N–H and O–H groups in total. The summed E-state index contributed by atoms with van der Waals surface area (Å²) in [7, 11) is 1.43. The van der Waals surface area contributed by atoms with Crippen molar-refractivity contribution in [2.45, 2.75) is 38.9 Å². The molecule has 3 rings (SSSR count). The van der Waals surface area contributed by atoms with Gasteiger partial charge in [-0.3, -0.25) is 14.5 Å². The van der Waals surface area contributed by atoms with Crippen LogP contribution in [0.2, 0.25) is 0 Å². The van der Waals surface area contributed by atoms with E-state index in [9.17, 15) is 24.9 Å². The van der Waals surface area contributed by atoms with Crippen LogP contribution in [0.25, 0.3) is 6.08 Å². The van der Waals surface area contributed by atoms with E-state index >= 15 is 0 Å². The van der Waals surface area contributed by atoms with Crippen LogP contribution >= 0.6 is 0 Å². The second-order valence-corrected chi connectivity index (χ2v) is 8.09. The van der Waals surface area contributed by atoms with Crippen LogP contribution in [0, 0.1) is 17.8 Å². The predicted octanol–water partition coefficient (Wildman–Crippen LogP) is 0.848. The average molecular weight is 419 g/mol. The largest absolute Gasteiger partial charge is 0.459 e. The highest BCUT2D eigenvalue weighted by atomic mass is 16.4. The summed E-state index contributed by atoms with van der Waals surface area (Å²) in [6, 6.07) is 3.44. The number of rotatable bonds is 8. The van der Waals surface area contributed by atoms with Gasteiger partial charge < -0.3 is 24.8 Å². The lowest BCUT2D eigenvalue weighted by molar-refractivity contribution is -0.138. The Hall–Kier alpha value is -2.26. The van der Waals surface area contributed by atoms with Gasteiger partial charge in [-0.25, -0.2) is 0 Å². The minimum Gasteiger partial charge on any atom is -0.459 e. The van der Waals surface area contributed by atoms with E-state index in [1.54, 1.807) is 12.1 Å². The molecule has 164 valence electrons.